The molecule has 9 nitrogen and oxygen atoms in total. The summed E-state index contributed by atoms with van der Waals surface area (Å²) in [5.74, 6) is -2.22. The Hall–Kier alpha value is -2.08. The van der Waals surface area contributed by atoms with Crippen LogP contribution in [0.2, 0.25) is 0 Å². The summed E-state index contributed by atoms with van der Waals surface area (Å²) in [5, 5.41) is 4.83. The Morgan fingerprint density at radius 1 is 1.22 bits per heavy atom. The van der Waals surface area contributed by atoms with Gasteiger partial charge < -0.3 is 20.3 Å². The van der Waals surface area contributed by atoms with Crippen molar-refractivity contribution in [2.45, 2.75) is 11.1 Å². The molecule has 1 aromatic rings. The Kier molecular flexibility index (Phi) is 7.25. The maximum absolute atomic E-state index is 13.0. The van der Waals surface area contributed by atoms with Crippen molar-refractivity contribution in [3.05, 3.63) is 30.1 Å². The fourth-order valence-electron chi connectivity index (χ4n) is 2.42. The van der Waals surface area contributed by atoms with E-state index >= 15 is 0 Å². The van der Waals surface area contributed by atoms with Gasteiger partial charge in [-0.25, -0.2) is 12.8 Å². The monoisotopic (exact) mass is 402 g/mol. The second-order valence-corrected chi connectivity index (χ2v) is 8.05. The predicted octanol–water partition coefficient (Wildman–Crippen LogP) is -1.03. The molecule has 1 aliphatic heterocycles. The van der Waals surface area contributed by atoms with Gasteiger partial charge in [0.05, 0.1) is 18.0 Å². The smallest absolute Gasteiger partial charge is 0.309 e. The Labute approximate surface area is 157 Å². The Balaban J connectivity index is 1.93. The van der Waals surface area contributed by atoms with Crippen LogP contribution in [0.15, 0.2) is 29.2 Å². The van der Waals surface area contributed by atoms with Crippen LogP contribution >= 0.6 is 0 Å². The molecule has 150 valence electrons. The van der Waals surface area contributed by atoms with Crippen molar-refractivity contribution in [2.24, 2.45) is 0 Å². The lowest BCUT2D eigenvalue weighted by Gasteiger charge is -2.22. The Bertz CT molecular complexity index is 770. The summed E-state index contributed by atoms with van der Waals surface area (Å²) in [7, 11) is -0.246. The van der Waals surface area contributed by atoms with Crippen molar-refractivity contribution in [3.8, 4) is 0 Å². The van der Waals surface area contributed by atoms with Gasteiger partial charge in [0.2, 0.25) is 10.0 Å². The Morgan fingerprint density at radius 3 is 2.48 bits per heavy atom. The lowest BCUT2D eigenvalue weighted by molar-refractivity contribution is -0.139. The topological polar surface area (TPSA) is 108 Å². The quantitative estimate of drug-likeness (QED) is 0.565. The molecular formula is C16H23FN4O5S. The fraction of sp³-hybridized carbons (Fsp3) is 0.500. The van der Waals surface area contributed by atoms with Gasteiger partial charge in [0.25, 0.3) is 0 Å². The van der Waals surface area contributed by atoms with Crippen LogP contribution in [0.4, 0.5) is 4.39 Å². The van der Waals surface area contributed by atoms with E-state index in [4.69, 9.17) is 4.74 Å². The van der Waals surface area contributed by atoms with Crippen molar-refractivity contribution in [3.63, 3.8) is 0 Å². The first-order valence-electron chi connectivity index (χ1n) is 8.31. The normalized spacial score (nSPS) is 17.9. The number of amides is 2. The highest BCUT2D eigenvalue weighted by Gasteiger charge is 2.36. The van der Waals surface area contributed by atoms with E-state index in [0.29, 0.717) is 13.1 Å². The molecule has 11 heteroatoms. The largest absolute Gasteiger partial charge is 0.359 e. The first-order chi connectivity index (χ1) is 12.7. The van der Waals surface area contributed by atoms with Gasteiger partial charge in [-0.1, -0.05) is 0 Å². The van der Waals surface area contributed by atoms with Crippen LogP contribution in [-0.2, 0) is 24.3 Å². The van der Waals surface area contributed by atoms with Gasteiger partial charge in [-0.3, -0.25) is 9.59 Å². The summed E-state index contributed by atoms with van der Waals surface area (Å²) in [5.41, 5.74) is 0. The maximum Gasteiger partial charge on any atom is 0.309 e. The lowest BCUT2D eigenvalue weighted by atomic mass is 10.4. The van der Waals surface area contributed by atoms with Crippen molar-refractivity contribution in [1.29, 1.82) is 0 Å². The minimum atomic E-state index is -3.91. The molecule has 0 radical (unpaired) electrons. The van der Waals surface area contributed by atoms with Crippen molar-refractivity contribution in [1.82, 2.24) is 19.8 Å². The highest BCUT2D eigenvalue weighted by atomic mass is 32.2. The molecule has 1 saturated heterocycles. The molecule has 0 spiro atoms. The lowest BCUT2D eigenvalue weighted by Crippen LogP contribution is -2.48. The number of ether oxygens (including phenoxy) is 1. The number of rotatable bonds is 7. The summed E-state index contributed by atoms with van der Waals surface area (Å²) < 4.78 is 44.8. The van der Waals surface area contributed by atoms with E-state index in [1.165, 1.54) is 0 Å². The number of likely N-dealkylation sites (N-methyl/N-ethyl adjacent to an activating group) is 1. The van der Waals surface area contributed by atoms with Gasteiger partial charge in [-0.05, 0) is 38.4 Å². The molecule has 1 aliphatic rings. The number of carbonyl (C=O) groups is 2. The number of benzene rings is 1. The molecule has 2 amide bonds. The van der Waals surface area contributed by atoms with Gasteiger partial charge >= 0.3 is 11.8 Å². The molecule has 1 heterocycles. The Morgan fingerprint density at radius 2 is 1.85 bits per heavy atom. The molecule has 2 N–H and O–H groups in total. The van der Waals surface area contributed by atoms with Crippen LogP contribution in [0, 0.1) is 5.82 Å². The number of carbonyl (C=O) groups excluding carboxylic acids is 2. The second kappa shape index (κ2) is 9.22. The van der Waals surface area contributed by atoms with Crippen LogP contribution in [0.3, 0.4) is 0 Å². The van der Waals surface area contributed by atoms with Crippen molar-refractivity contribution >= 4 is 21.8 Å². The molecule has 0 aliphatic carbocycles. The summed E-state index contributed by atoms with van der Waals surface area (Å²) in [6.45, 7) is 0.949. The third kappa shape index (κ3) is 5.70. The average molecular weight is 402 g/mol. The molecule has 1 fully saturated rings. The zero-order valence-electron chi connectivity index (χ0n) is 15.1. The van der Waals surface area contributed by atoms with E-state index < -0.39 is 33.9 Å². The molecule has 1 aromatic carbocycles. The zero-order chi connectivity index (χ0) is 20.0. The molecule has 2 rings (SSSR count). The first-order valence-corrected chi connectivity index (χ1v) is 9.75. The summed E-state index contributed by atoms with van der Waals surface area (Å²) in [4.78, 5) is 25.3. The highest BCUT2D eigenvalue weighted by molar-refractivity contribution is 7.89. The van der Waals surface area contributed by atoms with Gasteiger partial charge in [0, 0.05) is 19.6 Å². The molecule has 27 heavy (non-hydrogen) atoms. The number of nitrogens with zero attached hydrogens (tertiary/aromatic N) is 2. The van der Waals surface area contributed by atoms with E-state index in [1.807, 2.05) is 19.0 Å². The zero-order valence-corrected chi connectivity index (χ0v) is 16.0. The first kappa shape index (κ1) is 21.2. The molecular weight excluding hydrogens is 379 g/mol. The molecule has 0 bridgehead atoms. The third-order valence-electron chi connectivity index (χ3n) is 3.85. The summed E-state index contributed by atoms with van der Waals surface area (Å²) in [6.07, 6.45) is -0.946. The van der Waals surface area contributed by atoms with Gasteiger partial charge in [-0.15, -0.1) is 0 Å². The minimum Gasteiger partial charge on any atom is -0.359 e. The van der Waals surface area contributed by atoms with Crippen LogP contribution in [0.5, 0.6) is 0 Å². The number of sulfonamides is 1. The predicted molar refractivity (Wildman–Crippen MR) is 94.6 cm³/mol. The number of nitrogens with one attached hydrogen (secondary N) is 2. The standard InChI is InChI=1S/C16H23FN4O5S/c1-20(2)8-7-18-15(22)16(23)19-11-14-21(9-10-26-14)27(24,25)13-5-3-12(17)4-6-13/h3-6,14H,7-11H2,1-2H3,(H,18,22)(H,19,23). The molecule has 1 atom stereocenters. The second-order valence-electron chi connectivity index (χ2n) is 6.16. The van der Waals surface area contributed by atoms with E-state index in [-0.39, 0.29) is 24.6 Å². The van der Waals surface area contributed by atoms with Crippen LogP contribution in [-0.4, -0.2) is 82.5 Å². The van der Waals surface area contributed by atoms with E-state index in [9.17, 15) is 22.4 Å². The summed E-state index contributed by atoms with van der Waals surface area (Å²) in [6, 6.07) is 4.44. The minimum absolute atomic E-state index is 0.0767. The van der Waals surface area contributed by atoms with E-state index in [1.54, 1.807) is 0 Å². The van der Waals surface area contributed by atoms with Crippen molar-refractivity contribution in [2.75, 3.05) is 46.9 Å². The summed E-state index contributed by atoms with van der Waals surface area (Å²) >= 11 is 0. The number of halogens is 1. The van der Waals surface area contributed by atoms with Crippen molar-refractivity contribution < 1.29 is 27.1 Å². The van der Waals surface area contributed by atoms with E-state index in [0.717, 1.165) is 28.6 Å². The van der Waals surface area contributed by atoms with Gasteiger partial charge in [0.1, 0.15) is 12.0 Å². The maximum atomic E-state index is 13.0. The number of hydrogen-bond acceptors (Lipinski definition) is 6. The van der Waals surface area contributed by atoms with Gasteiger partial charge in [0.15, 0.2) is 0 Å². The van der Waals surface area contributed by atoms with Gasteiger partial charge in [-0.2, -0.15) is 4.31 Å². The van der Waals surface area contributed by atoms with Crippen LogP contribution in [0.1, 0.15) is 0 Å². The number of hydrogen-bond donors (Lipinski definition) is 2. The molecule has 0 aromatic heterocycles. The van der Waals surface area contributed by atoms with E-state index in [2.05, 4.69) is 10.6 Å². The molecule has 1 unspecified atom stereocenters. The average Bonchev–Trinajstić information content (AvgIpc) is 3.09. The van der Waals surface area contributed by atoms with Crippen LogP contribution < -0.4 is 10.6 Å². The van der Waals surface area contributed by atoms with Crippen LogP contribution in [0.25, 0.3) is 0 Å². The molecule has 0 saturated carbocycles. The highest BCUT2D eigenvalue weighted by Crippen LogP contribution is 2.22. The fourth-order valence-corrected chi connectivity index (χ4v) is 3.93. The SMILES string of the molecule is CN(C)CCNC(=O)C(=O)NCC1OCCN1S(=O)(=O)c1ccc(F)cc1. The third-order valence-corrected chi connectivity index (χ3v) is 5.75.